The molecule has 1 unspecified atom stereocenters. The minimum atomic E-state index is -0.0396. The van der Waals surface area contributed by atoms with Gasteiger partial charge in [0.05, 0.1) is 6.54 Å². The zero-order valence-electron chi connectivity index (χ0n) is 16.8. The summed E-state index contributed by atoms with van der Waals surface area (Å²) in [5.41, 5.74) is 1.75. The molecule has 1 amide bonds. The van der Waals surface area contributed by atoms with Crippen molar-refractivity contribution in [1.82, 2.24) is 16.0 Å². The molecule has 0 aliphatic heterocycles. The molecule has 1 aromatic heterocycles. The average Bonchev–Trinajstić information content (AvgIpc) is 3.17. The summed E-state index contributed by atoms with van der Waals surface area (Å²) in [5, 5.41) is 11.6. The van der Waals surface area contributed by atoms with Gasteiger partial charge in [-0.25, -0.2) is 4.99 Å². The molecule has 1 atom stereocenters. The molecular formula is C21H31IN4OS. The van der Waals surface area contributed by atoms with Crippen LogP contribution in [0.4, 0.5) is 0 Å². The lowest BCUT2D eigenvalue weighted by atomic mass is 10.1. The van der Waals surface area contributed by atoms with E-state index in [9.17, 15) is 4.79 Å². The first-order valence-corrected chi connectivity index (χ1v) is 10.4. The summed E-state index contributed by atoms with van der Waals surface area (Å²) in [4.78, 5) is 17.9. The largest absolute Gasteiger partial charge is 0.357 e. The summed E-state index contributed by atoms with van der Waals surface area (Å²) in [6, 6.07) is 11.9. The van der Waals surface area contributed by atoms with Crippen LogP contribution in [0.25, 0.3) is 0 Å². The second-order valence-electron chi connectivity index (χ2n) is 6.52. The van der Waals surface area contributed by atoms with Crippen LogP contribution in [0.3, 0.4) is 0 Å². The normalized spacial score (nSPS) is 12.0. The Morgan fingerprint density at radius 3 is 2.39 bits per heavy atom. The van der Waals surface area contributed by atoms with E-state index in [4.69, 9.17) is 0 Å². The molecule has 5 nitrogen and oxygen atoms in total. The smallest absolute Gasteiger partial charge is 0.251 e. The Balaban J connectivity index is 0.00000392. The van der Waals surface area contributed by atoms with E-state index in [0.29, 0.717) is 24.6 Å². The van der Waals surface area contributed by atoms with Gasteiger partial charge in [0.15, 0.2) is 5.96 Å². The molecular weight excluding hydrogens is 483 g/mol. The SMILES string of the molecule is CCNC(=O)c1ccc(CN=C(NCC)NCC(C)Cc2cccs2)cc1.I. The summed E-state index contributed by atoms with van der Waals surface area (Å²) in [7, 11) is 0. The van der Waals surface area contributed by atoms with Gasteiger partial charge in [0.2, 0.25) is 0 Å². The van der Waals surface area contributed by atoms with Crippen LogP contribution in [-0.4, -0.2) is 31.5 Å². The van der Waals surface area contributed by atoms with Gasteiger partial charge in [-0.2, -0.15) is 0 Å². The first-order valence-electron chi connectivity index (χ1n) is 9.54. The van der Waals surface area contributed by atoms with Crippen LogP contribution in [0.5, 0.6) is 0 Å². The van der Waals surface area contributed by atoms with Crippen LogP contribution in [0.2, 0.25) is 0 Å². The van der Waals surface area contributed by atoms with Crippen molar-refractivity contribution < 1.29 is 4.79 Å². The van der Waals surface area contributed by atoms with Crippen LogP contribution >= 0.6 is 35.3 Å². The number of aliphatic imine (C=N–C) groups is 1. The van der Waals surface area contributed by atoms with E-state index in [1.807, 2.05) is 42.5 Å². The quantitative estimate of drug-likeness (QED) is 0.269. The van der Waals surface area contributed by atoms with Crippen molar-refractivity contribution in [3.05, 3.63) is 57.8 Å². The first kappa shape index (κ1) is 24.4. The molecule has 154 valence electrons. The van der Waals surface area contributed by atoms with Gasteiger partial charge in [-0.3, -0.25) is 4.79 Å². The minimum absolute atomic E-state index is 0. The molecule has 7 heteroatoms. The average molecular weight is 514 g/mol. The fourth-order valence-electron chi connectivity index (χ4n) is 2.65. The summed E-state index contributed by atoms with van der Waals surface area (Å²) in [6.45, 7) is 9.13. The van der Waals surface area contributed by atoms with E-state index in [2.05, 4.69) is 52.3 Å². The summed E-state index contributed by atoms with van der Waals surface area (Å²) in [5.74, 6) is 1.31. The molecule has 3 N–H and O–H groups in total. The second kappa shape index (κ2) is 13.5. The molecule has 0 radical (unpaired) electrons. The maximum Gasteiger partial charge on any atom is 0.251 e. The molecule has 2 rings (SSSR count). The Bertz CT molecular complexity index is 717. The third-order valence-electron chi connectivity index (χ3n) is 4.07. The number of nitrogens with zero attached hydrogens (tertiary/aromatic N) is 1. The fraction of sp³-hybridized carbons (Fsp3) is 0.429. The maximum absolute atomic E-state index is 11.8. The Morgan fingerprint density at radius 2 is 1.79 bits per heavy atom. The van der Waals surface area contributed by atoms with Crippen molar-refractivity contribution in [2.45, 2.75) is 33.7 Å². The van der Waals surface area contributed by atoms with Gasteiger partial charge in [-0.1, -0.05) is 25.1 Å². The molecule has 0 bridgehead atoms. The van der Waals surface area contributed by atoms with Crippen molar-refractivity contribution in [3.63, 3.8) is 0 Å². The molecule has 0 aliphatic carbocycles. The highest BCUT2D eigenvalue weighted by molar-refractivity contribution is 14.0. The molecule has 1 heterocycles. The summed E-state index contributed by atoms with van der Waals surface area (Å²) < 4.78 is 0. The number of thiophene rings is 1. The molecule has 2 aromatic rings. The summed E-state index contributed by atoms with van der Waals surface area (Å²) in [6.07, 6.45) is 1.07. The molecule has 0 aliphatic rings. The van der Waals surface area contributed by atoms with Gasteiger partial charge in [0.1, 0.15) is 0 Å². The highest BCUT2D eigenvalue weighted by Gasteiger charge is 2.07. The van der Waals surface area contributed by atoms with E-state index in [1.165, 1.54) is 4.88 Å². The lowest BCUT2D eigenvalue weighted by molar-refractivity contribution is 0.0956. The Kier molecular flexibility index (Phi) is 11.8. The van der Waals surface area contributed by atoms with E-state index in [0.717, 1.165) is 31.0 Å². The second-order valence-corrected chi connectivity index (χ2v) is 7.55. The zero-order chi connectivity index (χ0) is 19.5. The standard InChI is InChI=1S/C21H30N4OS.HI/c1-4-22-20(26)18-10-8-17(9-11-18)15-25-21(23-5-2)24-14-16(3)13-19-7-6-12-27-19;/h6-12,16H,4-5,13-15H2,1-3H3,(H,22,26)(H2,23,24,25);1H. The minimum Gasteiger partial charge on any atom is -0.357 e. The van der Waals surface area contributed by atoms with E-state index < -0.39 is 0 Å². The maximum atomic E-state index is 11.8. The van der Waals surface area contributed by atoms with Gasteiger partial charge in [0, 0.05) is 30.1 Å². The monoisotopic (exact) mass is 514 g/mol. The Morgan fingerprint density at radius 1 is 1.07 bits per heavy atom. The third-order valence-corrected chi connectivity index (χ3v) is 4.96. The Labute approximate surface area is 189 Å². The van der Waals surface area contributed by atoms with Gasteiger partial charge in [-0.05, 0) is 55.3 Å². The Hall–Kier alpha value is -1.61. The van der Waals surface area contributed by atoms with Crippen LogP contribution < -0.4 is 16.0 Å². The van der Waals surface area contributed by atoms with Gasteiger partial charge in [0.25, 0.3) is 5.91 Å². The van der Waals surface area contributed by atoms with E-state index in [1.54, 1.807) is 0 Å². The van der Waals surface area contributed by atoms with Crippen molar-refractivity contribution in [1.29, 1.82) is 0 Å². The fourth-order valence-corrected chi connectivity index (χ4v) is 3.52. The van der Waals surface area contributed by atoms with Crippen LogP contribution in [0.1, 0.15) is 41.6 Å². The number of hydrogen-bond donors (Lipinski definition) is 3. The molecule has 1 aromatic carbocycles. The molecule has 0 spiro atoms. The van der Waals surface area contributed by atoms with Crippen LogP contribution in [0, 0.1) is 5.92 Å². The summed E-state index contributed by atoms with van der Waals surface area (Å²) >= 11 is 1.81. The number of guanidine groups is 1. The number of benzene rings is 1. The van der Waals surface area contributed by atoms with Crippen molar-refractivity contribution >= 4 is 47.2 Å². The lowest BCUT2D eigenvalue weighted by Crippen LogP contribution is -2.39. The molecule has 0 saturated carbocycles. The molecule has 0 saturated heterocycles. The van der Waals surface area contributed by atoms with E-state index >= 15 is 0 Å². The van der Waals surface area contributed by atoms with E-state index in [-0.39, 0.29) is 29.9 Å². The first-order chi connectivity index (χ1) is 13.1. The van der Waals surface area contributed by atoms with Crippen LogP contribution in [0.15, 0.2) is 46.8 Å². The number of halogens is 1. The number of carbonyl (C=O) groups is 1. The third kappa shape index (κ3) is 8.60. The lowest BCUT2D eigenvalue weighted by Gasteiger charge is -2.15. The van der Waals surface area contributed by atoms with Gasteiger partial charge >= 0.3 is 0 Å². The topological polar surface area (TPSA) is 65.5 Å². The number of nitrogens with one attached hydrogen (secondary N) is 3. The number of rotatable bonds is 9. The van der Waals surface area contributed by atoms with Crippen molar-refractivity contribution in [2.75, 3.05) is 19.6 Å². The van der Waals surface area contributed by atoms with Gasteiger partial charge < -0.3 is 16.0 Å². The number of amides is 1. The number of hydrogen-bond acceptors (Lipinski definition) is 3. The predicted molar refractivity (Wildman–Crippen MR) is 130 cm³/mol. The van der Waals surface area contributed by atoms with Crippen LogP contribution in [-0.2, 0) is 13.0 Å². The zero-order valence-corrected chi connectivity index (χ0v) is 20.0. The van der Waals surface area contributed by atoms with Crippen molar-refractivity contribution in [3.8, 4) is 0 Å². The molecule has 0 fully saturated rings. The van der Waals surface area contributed by atoms with Crippen molar-refractivity contribution in [2.24, 2.45) is 10.9 Å². The highest BCUT2D eigenvalue weighted by Crippen LogP contribution is 2.13. The molecule has 28 heavy (non-hydrogen) atoms. The number of carbonyl (C=O) groups excluding carboxylic acids is 1. The van der Waals surface area contributed by atoms with Gasteiger partial charge in [-0.15, -0.1) is 35.3 Å². The predicted octanol–water partition coefficient (Wildman–Crippen LogP) is 4.05. The highest BCUT2D eigenvalue weighted by atomic mass is 127.